The summed E-state index contributed by atoms with van der Waals surface area (Å²) < 4.78 is 0. The van der Waals surface area contributed by atoms with E-state index < -0.39 is 0 Å². The second kappa shape index (κ2) is 4.63. The maximum Gasteiger partial charge on any atom is 0.0235 e. The Morgan fingerprint density at radius 2 is 2.31 bits per heavy atom. The molecule has 2 aliphatic heterocycles. The van der Waals surface area contributed by atoms with Gasteiger partial charge in [-0.1, -0.05) is 0 Å². The fourth-order valence-corrected chi connectivity index (χ4v) is 2.70. The van der Waals surface area contributed by atoms with Crippen LogP contribution >= 0.6 is 11.6 Å². The summed E-state index contributed by atoms with van der Waals surface area (Å²) >= 11 is 5.69. The van der Waals surface area contributed by atoms with Gasteiger partial charge in [0.05, 0.1) is 0 Å². The molecule has 2 fully saturated rings. The van der Waals surface area contributed by atoms with Crippen molar-refractivity contribution in [2.45, 2.75) is 25.3 Å². The van der Waals surface area contributed by atoms with E-state index in [-0.39, 0.29) is 0 Å². The molecule has 0 bridgehead atoms. The van der Waals surface area contributed by atoms with Gasteiger partial charge in [-0.15, -0.1) is 11.6 Å². The van der Waals surface area contributed by atoms with E-state index in [1.807, 2.05) is 0 Å². The van der Waals surface area contributed by atoms with Gasteiger partial charge >= 0.3 is 0 Å². The maximum absolute atomic E-state index is 5.69. The van der Waals surface area contributed by atoms with Crippen molar-refractivity contribution in [1.29, 1.82) is 0 Å². The fraction of sp³-hybridized carbons (Fsp3) is 1.00. The zero-order valence-electron chi connectivity index (χ0n) is 8.14. The van der Waals surface area contributed by atoms with Crippen LogP contribution in [0.25, 0.3) is 0 Å². The standard InChI is InChI=1S/C10H19ClN2/c11-4-1-6-13-7-3-9-2-5-12-10(9)8-13/h9-10,12H,1-8H2. The summed E-state index contributed by atoms with van der Waals surface area (Å²) in [5, 5.41) is 3.59. The summed E-state index contributed by atoms with van der Waals surface area (Å²) in [5.74, 6) is 1.77. The first-order chi connectivity index (χ1) is 6.40. The zero-order valence-corrected chi connectivity index (χ0v) is 8.89. The molecule has 2 heterocycles. The highest BCUT2D eigenvalue weighted by atomic mass is 35.5. The first kappa shape index (κ1) is 9.75. The number of fused-ring (bicyclic) bond motifs is 1. The lowest BCUT2D eigenvalue weighted by Crippen LogP contribution is -2.46. The molecule has 2 unspecified atom stereocenters. The number of likely N-dealkylation sites (tertiary alicyclic amines) is 1. The number of rotatable bonds is 3. The molecule has 0 amide bonds. The van der Waals surface area contributed by atoms with E-state index >= 15 is 0 Å². The maximum atomic E-state index is 5.69. The topological polar surface area (TPSA) is 15.3 Å². The Morgan fingerprint density at radius 3 is 3.15 bits per heavy atom. The lowest BCUT2D eigenvalue weighted by Gasteiger charge is -2.34. The van der Waals surface area contributed by atoms with Crippen LogP contribution in [0.1, 0.15) is 19.3 Å². The van der Waals surface area contributed by atoms with Gasteiger partial charge in [0.1, 0.15) is 0 Å². The molecule has 1 N–H and O–H groups in total. The molecule has 76 valence electrons. The van der Waals surface area contributed by atoms with E-state index in [1.54, 1.807) is 0 Å². The average molecular weight is 203 g/mol. The number of alkyl halides is 1. The Labute approximate surface area is 85.6 Å². The number of nitrogens with one attached hydrogen (secondary N) is 1. The molecule has 0 spiro atoms. The second-order valence-corrected chi connectivity index (χ2v) is 4.62. The SMILES string of the molecule is ClCCCN1CCC2CCNC2C1. The molecule has 2 rings (SSSR count). The molecular formula is C10H19ClN2. The van der Waals surface area contributed by atoms with Crippen LogP contribution in [0.15, 0.2) is 0 Å². The third-order valence-electron chi connectivity index (χ3n) is 3.37. The normalized spacial score (nSPS) is 34.8. The molecular weight excluding hydrogens is 184 g/mol. The minimum Gasteiger partial charge on any atom is -0.312 e. The van der Waals surface area contributed by atoms with Crippen LogP contribution in [0.5, 0.6) is 0 Å². The molecule has 2 saturated heterocycles. The van der Waals surface area contributed by atoms with Gasteiger partial charge in [0.2, 0.25) is 0 Å². The Balaban J connectivity index is 1.76. The zero-order chi connectivity index (χ0) is 9.10. The van der Waals surface area contributed by atoms with E-state index in [2.05, 4.69) is 10.2 Å². The van der Waals surface area contributed by atoms with Gasteiger partial charge in [0.15, 0.2) is 0 Å². The predicted octanol–water partition coefficient (Wildman–Crippen LogP) is 1.30. The van der Waals surface area contributed by atoms with Crippen molar-refractivity contribution in [3.63, 3.8) is 0 Å². The Morgan fingerprint density at radius 1 is 1.38 bits per heavy atom. The van der Waals surface area contributed by atoms with Crippen molar-refractivity contribution in [3.8, 4) is 0 Å². The van der Waals surface area contributed by atoms with Crippen molar-refractivity contribution >= 4 is 11.6 Å². The van der Waals surface area contributed by atoms with E-state index in [9.17, 15) is 0 Å². The van der Waals surface area contributed by atoms with Crippen LogP contribution < -0.4 is 5.32 Å². The summed E-state index contributed by atoms with van der Waals surface area (Å²) in [7, 11) is 0. The van der Waals surface area contributed by atoms with Crippen LogP contribution in [0.4, 0.5) is 0 Å². The molecule has 0 aliphatic carbocycles. The lowest BCUT2D eigenvalue weighted by atomic mass is 9.92. The molecule has 0 aromatic rings. The Hall–Kier alpha value is 0.210. The number of piperidine rings is 1. The summed E-state index contributed by atoms with van der Waals surface area (Å²) in [5.41, 5.74) is 0. The van der Waals surface area contributed by atoms with Gasteiger partial charge in [-0.25, -0.2) is 0 Å². The first-order valence-electron chi connectivity index (χ1n) is 5.42. The van der Waals surface area contributed by atoms with E-state index in [0.29, 0.717) is 0 Å². The number of hydrogen-bond donors (Lipinski definition) is 1. The second-order valence-electron chi connectivity index (χ2n) is 4.24. The van der Waals surface area contributed by atoms with Gasteiger partial charge in [-0.2, -0.15) is 0 Å². The van der Waals surface area contributed by atoms with Gasteiger partial charge in [-0.3, -0.25) is 0 Å². The van der Waals surface area contributed by atoms with E-state index in [0.717, 1.165) is 24.3 Å². The highest BCUT2D eigenvalue weighted by Gasteiger charge is 2.31. The average Bonchev–Trinajstić information content (AvgIpc) is 2.61. The molecule has 0 saturated carbocycles. The van der Waals surface area contributed by atoms with Crippen molar-refractivity contribution in [2.75, 3.05) is 32.1 Å². The Kier molecular flexibility index (Phi) is 3.47. The summed E-state index contributed by atoms with van der Waals surface area (Å²) in [6.45, 7) is 4.97. The highest BCUT2D eigenvalue weighted by Crippen LogP contribution is 2.24. The van der Waals surface area contributed by atoms with Crippen molar-refractivity contribution in [1.82, 2.24) is 10.2 Å². The molecule has 0 aromatic carbocycles. The Bertz CT molecular complexity index is 163. The minimum atomic E-state index is 0.782. The molecule has 13 heavy (non-hydrogen) atoms. The van der Waals surface area contributed by atoms with Gasteiger partial charge in [0.25, 0.3) is 0 Å². The molecule has 2 nitrogen and oxygen atoms in total. The lowest BCUT2D eigenvalue weighted by molar-refractivity contribution is 0.167. The van der Waals surface area contributed by atoms with Crippen molar-refractivity contribution in [3.05, 3.63) is 0 Å². The van der Waals surface area contributed by atoms with E-state index in [4.69, 9.17) is 11.6 Å². The monoisotopic (exact) mass is 202 g/mol. The highest BCUT2D eigenvalue weighted by molar-refractivity contribution is 6.17. The largest absolute Gasteiger partial charge is 0.312 e. The fourth-order valence-electron chi connectivity index (χ4n) is 2.59. The summed E-state index contributed by atoms with van der Waals surface area (Å²) in [6.07, 6.45) is 3.92. The van der Waals surface area contributed by atoms with Crippen LogP contribution in [0.3, 0.4) is 0 Å². The molecule has 2 atom stereocenters. The smallest absolute Gasteiger partial charge is 0.0235 e. The summed E-state index contributed by atoms with van der Waals surface area (Å²) in [6, 6.07) is 0.782. The number of nitrogens with zero attached hydrogens (tertiary/aromatic N) is 1. The summed E-state index contributed by atoms with van der Waals surface area (Å²) in [4.78, 5) is 2.56. The predicted molar refractivity (Wildman–Crippen MR) is 56.3 cm³/mol. The van der Waals surface area contributed by atoms with Gasteiger partial charge in [-0.05, 0) is 44.8 Å². The molecule has 0 radical (unpaired) electrons. The van der Waals surface area contributed by atoms with E-state index in [1.165, 1.54) is 39.0 Å². The quantitative estimate of drug-likeness (QED) is 0.695. The van der Waals surface area contributed by atoms with Crippen LogP contribution in [0, 0.1) is 5.92 Å². The first-order valence-corrected chi connectivity index (χ1v) is 5.95. The number of hydrogen-bond acceptors (Lipinski definition) is 2. The third kappa shape index (κ3) is 2.36. The van der Waals surface area contributed by atoms with Crippen LogP contribution in [-0.4, -0.2) is 43.0 Å². The van der Waals surface area contributed by atoms with Gasteiger partial charge < -0.3 is 10.2 Å². The van der Waals surface area contributed by atoms with Crippen molar-refractivity contribution < 1.29 is 0 Å². The van der Waals surface area contributed by atoms with Crippen LogP contribution in [-0.2, 0) is 0 Å². The molecule has 3 heteroatoms. The van der Waals surface area contributed by atoms with Crippen LogP contribution in [0.2, 0.25) is 0 Å². The van der Waals surface area contributed by atoms with Gasteiger partial charge in [0, 0.05) is 18.5 Å². The minimum absolute atomic E-state index is 0.782. The van der Waals surface area contributed by atoms with Crippen molar-refractivity contribution in [2.24, 2.45) is 5.92 Å². The molecule has 0 aromatic heterocycles. The molecule has 2 aliphatic rings. The third-order valence-corrected chi connectivity index (χ3v) is 3.64. The number of halogens is 1.